The maximum Gasteiger partial charge on any atom is 0.331 e. The van der Waals surface area contributed by atoms with Crippen LogP contribution in [0.4, 0.5) is 4.39 Å². The highest BCUT2D eigenvalue weighted by Crippen LogP contribution is 2.21. The number of esters is 1. The number of benzene rings is 1. The van der Waals surface area contributed by atoms with E-state index in [4.69, 9.17) is 9.47 Å². The summed E-state index contributed by atoms with van der Waals surface area (Å²) in [5.41, 5.74) is -0.811. The van der Waals surface area contributed by atoms with Crippen LogP contribution in [-0.2, 0) is 35.3 Å². The number of amides is 2. The van der Waals surface area contributed by atoms with Crippen molar-refractivity contribution in [1.82, 2.24) is 10.6 Å². The number of carbonyl (C=O) groups excluding carboxylic acids is 4. The van der Waals surface area contributed by atoms with Gasteiger partial charge in [0.1, 0.15) is 11.4 Å². The molecule has 2 N–H and O–H groups in total. The Bertz CT molecular complexity index is 846. The Morgan fingerprint density at radius 3 is 2.39 bits per heavy atom. The van der Waals surface area contributed by atoms with E-state index in [1.54, 1.807) is 32.9 Å². The van der Waals surface area contributed by atoms with Crippen LogP contribution in [0.3, 0.4) is 0 Å². The Balaban J connectivity index is 2.83. The second-order valence-corrected chi connectivity index (χ2v) is 9.63. The summed E-state index contributed by atoms with van der Waals surface area (Å²) in [4.78, 5) is 49.4. The van der Waals surface area contributed by atoms with Crippen molar-refractivity contribution >= 4 is 34.7 Å². The second-order valence-electron chi connectivity index (χ2n) is 8.31. The average molecular weight is 485 g/mol. The molecule has 10 heteroatoms. The second kappa shape index (κ2) is 13.3. The van der Waals surface area contributed by atoms with Crippen LogP contribution < -0.4 is 10.6 Å². The molecule has 2 atom stereocenters. The molecule has 2 amide bonds. The van der Waals surface area contributed by atoms with Gasteiger partial charge in [-0.05, 0) is 44.4 Å². The van der Waals surface area contributed by atoms with Crippen molar-refractivity contribution in [2.75, 3.05) is 13.2 Å². The lowest BCUT2D eigenvalue weighted by atomic mass is 10.0. The maximum absolute atomic E-state index is 13.3. The van der Waals surface area contributed by atoms with Gasteiger partial charge in [-0.3, -0.25) is 14.4 Å². The molecule has 0 aliphatic carbocycles. The first-order valence-electron chi connectivity index (χ1n) is 10.7. The fourth-order valence-corrected chi connectivity index (χ4v) is 3.57. The van der Waals surface area contributed by atoms with Crippen molar-refractivity contribution in [3.05, 3.63) is 35.6 Å². The molecule has 0 fully saturated rings. The predicted molar refractivity (Wildman–Crippen MR) is 124 cm³/mol. The SMILES string of the molecule is CCOC(=O)[C@H](COCc1cccc(F)c1)NC(=O)C(C)(C)NC(=O)[C@H](SC(C)=O)C(C)C. The lowest BCUT2D eigenvalue weighted by Gasteiger charge is -2.30. The molecule has 0 spiro atoms. The largest absolute Gasteiger partial charge is 0.464 e. The molecular formula is C23H33FN2O6S. The molecule has 184 valence electrons. The van der Waals surface area contributed by atoms with E-state index in [0.29, 0.717) is 5.56 Å². The first kappa shape index (κ1) is 28.6. The number of nitrogens with one attached hydrogen (secondary N) is 2. The van der Waals surface area contributed by atoms with Crippen LogP contribution in [-0.4, -0.2) is 52.9 Å². The molecule has 0 saturated carbocycles. The quantitative estimate of drug-likeness (QED) is 0.439. The number of ether oxygens (including phenoxy) is 2. The summed E-state index contributed by atoms with van der Waals surface area (Å²) in [7, 11) is 0. The Kier molecular flexibility index (Phi) is 11.5. The van der Waals surface area contributed by atoms with Gasteiger partial charge in [0.05, 0.1) is 25.1 Å². The summed E-state index contributed by atoms with van der Waals surface area (Å²) in [5, 5.41) is 4.33. The van der Waals surface area contributed by atoms with E-state index in [9.17, 15) is 23.6 Å². The van der Waals surface area contributed by atoms with Crippen molar-refractivity contribution in [1.29, 1.82) is 0 Å². The van der Waals surface area contributed by atoms with E-state index >= 15 is 0 Å². The molecule has 33 heavy (non-hydrogen) atoms. The van der Waals surface area contributed by atoms with Crippen molar-refractivity contribution in [2.45, 2.75) is 65.0 Å². The molecule has 0 unspecified atom stereocenters. The zero-order chi connectivity index (χ0) is 25.2. The Labute approximate surface area is 198 Å². The van der Waals surface area contributed by atoms with Crippen molar-refractivity contribution in [3.63, 3.8) is 0 Å². The number of halogens is 1. The molecule has 0 aromatic heterocycles. The van der Waals surface area contributed by atoms with Crippen LogP contribution in [0.15, 0.2) is 24.3 Å². The average Bonchev–Trinajstić information content (AvgIpc) is 2.70. The Morgan fingerprint density at radius 1 is 1.18 bits per heavy atom. The number of hydrogen-bond donors (Lipinski definition) is 2. The third-order valence-electron chi connectivity index (χ3n) is 4.48. The summed E-state index contributed by atoms with van der Waals surface area (Å²) in [6.07, 6.45) is 0. The number of hydrogen-bond acceptors (Lipinski definition) is 7. The Hall–Kier alpha value is -2.46. The van der Waals surface area contributed by atoms with Crippen molar-refractivity contribution in [2.24, 2.45) is 5.92 Å². The van der Waals surface area contributed by atoms with Gasteiger partial charge in [-0.1, -0.05) is 37.7 Å². The molecule has 1 aromatic carbocycles. The van der Waals surface area contributed by atoms with Gasteiger partial charge in [-0.15, -0.1) is 0 Å². The minimum atomic E-state index is -1.38. The lowest BCUT2D eigenvalue weighted by Crippen LogP contribution is -2.60. The van der Waals surface area contributed by atoms with Gasteiger partial charge in [0.25, 0.3) is 0 Å². The van der Waals surface area contributed by atoms with Gasteiger partial charge in [0, 0.05) is 6.92 Å². The summed E-state index contributed by atoms with van der Waals surface area (Å²) >= 11 is 0.900. The van der Waals surface area contributed by atoms with Gasteiger partial charge in [-0.25, -0.2) is 9.18 Å². The highest BCUT2D eigenvalue weighted by atomic mass is 32.2. The summed E-state index contributed by atoms with van der Waals surface area (Å²) in [6.45, 7) is 9.53. The van der Waals surface area contributed by atoms with Crippen LogP contribution in [0.2, 0.25) is 0 Å². The maximum atomic E-state index is 13.3. The van der Waals surface area contributed by atoms with Gasteiger partial charge in [0.15, 0.2) is 11.2 Å². The molecule has 0 heterocycles. The first-order valence-corrected chi connectivity index (χ1v) is 11.5. The van der Waals surface area contributed by atoms with Crippen molar-refractivity contribution < 1.29 is 33.0 Å². The van der Waals surface area contributed by atoms with Crippen LogP contribution in [0, 0.1) is 11.7 Å². The third-order valence-corrected chi connectivity index (χ3v) is 5.82. The number of carbonyl (C=O) groups is 4. The van der Waals surface area contributed by atoms with Crippen LogP contribution in [0.25, 0.3) is 0 Å². The molecule has 1 rings (SSSR count). The molecule has 0 aliphatic heterocycles. The van der Waals surface area contributed by atoms with E-state index < -0.39 is 40.4 Å². The topological polar surface area (TPSA) is 111 Å². The summed E-state index contributed by atoms with van der Waals surface area (Å²) < 4.78 is 23.8. The fourth-order valence-electron chi connectivity index (χ4n) is 2.78. The molecule has 0 radical (unpaired) electrons. The van der Waals surface area contributed by atoms with E-state index in [0.717, 1.165) is 11.8 Å². The predicted octanol–water partition coefficient (Wildman–Crippen LogP) is 2.59. The molecule has 1 aromatic rings. The standard InChI is InChI=1S/C23H33FN2O6S/c1-7-32-21(29)18(13-31-12-16-9-8-10-17(24)11-16)25-22(30)23(5,6)26-20(28)19(14(2)3)33-15(4)27/h8-11,14,18-19H,7,12-13H2,1-6H3,(H,25,30)(H,26,28)/t18-,19+/m0/s1. The summed E-state index contributed by atoms with van der Waals surface area (Å²) in [5.74, 6) is -2.33. The van der Waals surface area contributed by atoms with Crippen LogP contribution in [0.5, 0.6) is 0 Å². The van der Waals surface area contributed by atoms with E-state index in [-0.39, 0.29) is 30.9 Å². The highest BCUT2D eigenvalue weighted by Gasteiger charge is 2.36. The van der Waals surface area contributed by atoms with Crippen LogP contribution in [0.1, 0.15) is 47.1 Å². The van der Waals surface area contributed by atoms with Crippen LogP contribution >= 0.6 is 11.8 Å². The van der Waals surface area contributed by atoms with Crippen molar-refractivity contribution in [3.8, 4) is 0 Å². The molecular weight excluding hydrogens is 451 g/mol. The normalized spacial score (nSPS) is 13.2. The highest BCUT2D eigenvalue weighted by molar-refractivity contribution is 8.14. The zero-order valence-electron chi connectivity index (χ0n) is 19.9. The number of rotatable bonds is 12. The lowest BCUT2D eigenvalue weighted by molar-refractivity contribution is -0.150. The van der Waals surface area contributed by atoms with E-state index in [2.05, 4.69) is 10.6 Å². The molecule has 0 saturated heterocycles. The van der Waals surface area contributed by atoms with Gasteiger partial charge in [0.2, 0.25) is 11.8 Å². The smallest absolute Gasteiger partial charge is 0.331 e. The molecule has 0 bridgehead atoms. The third kappa shape index (κ3) is 9.91. The summed E-state index contributed by atoms with van der Waals surface area (Å²) in [6, 6.07) is 4.69. The number of thioether (sulfide) groups is 1. The van der Waals surface area contributed by atoms with Gasteiger partial charge in [-0.2, -0.15) is 0 Å². The van der Waals surface area contributed by atoms with Gasteiger partial charge < -0.3 is 20.1 Å². The monoisotopic (exact) mass is 484 g/mol. The Morgan fingerprint density at radius 2 is 1.85 bits per heavy atom. The zero-order valence-corrected chi connectivity index (χ0v) is 20.7. The first-order chi connectivity index (χ1) is 15.4. The van der Waals surface area contributed by atoms with E-state index in [1.165, 1.54) is 32.9 Å². The van der Waals surface area contributed by atoms with Gasteiger partial charge >= 0.3 is 5.97 Å². The van der Waals surface area contributed by atoms with E-state index in [1.807, 2.05) is 0 Å². The molecule has 8 nitrogen and oxygen atoms in total. The molecule has 0 aliphatic rings. The minimum Gasteiger partial charge on any atom is -0.464 e. The fraction of sp³-hybridized carbons (Fsp3) is 0.565. The minimum absolute atomic E-state index is 0.0298.